The van der Waals surface area contributed by atoms with Gasteiger partial charge in [-0.1, -0.05) is 36.4 Å². The first-order valence-corrected chi connectivity index (χ1v) is 5.24. The monoisotopic (exact) mass is 214 g/mol. The molecular weight excluding hydrogens is 200 g/mol. The molecule has 1 aromatic rings. The van der Waals surface area contributed by atoms with Crippen molar-refractivity contribution in [3.05, 3.63) is 48.0 Å². The van der Waals surface area contributed by atoms with Crippen LogP contribution in [0.1, 0.15) is 5.56 Å². The van der Waals surface area contributed by atoms with E-state index in [1.807, 2.05) is 36.4 Å². The number of rotatable bonds is 3. The lowest BCUT2D eigenvalue weighted by atomic mass is 9.79. The highest BCUT2D eigenvalue weighted by Crippen LogP contribution is 2.26. The molecule has 1 aliphatic heterocycles. The van der Waals surface area contributed by atoms with Crippen molar-refractivity contribution in [2.45, 2.75) is 6.42 Å². The van der Waals surface area contributed by atoms with E-state index in [4.69, 9.17) is 5.73 Å². The standard InChI is InChI=1S/C13H14N2O/c14-12(16)13(7-4-8-15-10-13)9-11-5-2-1-3-6-11/h1-8H,9-10H2,(H2,14,16). The zero-order valence-corrected chi connectivity index (χ0v) is 8.97. The molecule has 1 aromatic carbocycles. The predicted molar refractivity (Wildman–Crippen MR) is 64.3 cm³/mol. The molecule has 0 fully saturated rings. The van der Waals surface area contributed by atoms with Gasteiger partial charge in [0.2, 0.25) is 5.91 Å². The van der Waals surface area contributed by atoms with Crippen molar-refractivity contribution < 1.29 is 4.79 Å². The van der Waals surface area contributed by atoms with E-state index in [1.165, 1.54) is 0 Å². The number of nitrogens with two attached hydrogens (primary N) is 1. The van der Waals surface area contributed by atoms with E-state index in [-0.39, 0.29) is 5.91 Å². The summed E-state index contributed by atoms with van der Waals surface area (Å²) in [7, 11) is 0. The molecule has 0 saturated heterocycles. The van der Waals surface area contributed by atoms with Gasteiger partial charge in [0.15, 0.2) is 0 Å². The number of primary amides is 1. The van der Waals surface area contributed by atoms with Gasteiger partial charge in [0, 0.05) is 6.21 Å². The fraction of sp³-hybridized carbons (Fsp3) is 0.231. The zero-order valence-electron chi connectivity index (χ0n) is 8.97. The van der Waals surface area contributed by atoms with Crippen molar-refractivity contribution in [1.29, 1.82) is 0 Å². The minimum Gasteiger partial charge on any atom is -0.369 e. The highest BCUT2D eigenvalue weighted by atomic mass is 16.1. The molecule has 0 spiro atoms. The number of amides is 1. The number of dihydropyridines is 1. The number of carbonyl (C=O) groups excluding carboxylic acids is 1. The second-order valence-electron chi connectivity index (χ2n) is 4.03. The van der Waals surface area contributed by atoms with Crippen LogP contribution in [0.5, 0.6) is 0 Å². The van der Waals surface area contributed by atoms with Gasteiger partial charge in [0.1, 0.15) is 0 Å². The van der Waals surface area contributed by atoms with Crippen LogP contribution in [-0.2, 0) is 11.2 Å². The van der Waals surface area contributed by atoms with E-state index >= 15 is 0 Å². The van der Waals surface area contributed by atoms with Crippen LogP contribution in [0.3, 0.4) is 0 Å². The second kappa shape index (κ2) is 4.31. The zero-order chi connectivity index (χ0) is 11.4. The molecule has 0 saturated carbocycles. The highest BCUT2D eigenvalue weighted by molar-refractivity contribution is 5.87. The summed E-state index contributed by atoms with van der Waals surface area (Å²) >= 11 is 0. The maximum absolute atomic E-state index is 11.6. The molecule has 0 bridgehead atoms. The molecule has 1 aliphatic rings. The lowest BCUT2D eigenvalue weighted by Gasteiger charge is -2.27. The number of aliphatic imine (C=N–C) groups is 1. The molecule has 82 valence electrons. The molecule has 1 amide bonds. The molecule has 0 radical (unpaired) electrons. The Labute approximate surface area is 94.7 Å². The fourth-order valence-corrected chi connectivity index (χ4v) is 1.88. The number of allylic oxidation sites excluding steroid dienone is 1. The number of carbonyl (C=O) groups is 1. The fourth-order valence-electron chi connectivity index (χ4n) is 1.88. The van der Waals surface area contributed by atoms with Gasteiger partial charge in [-0.2, -0.15) is 0 Å². The van der Waals surface area contributed by atoms with Gasteiger partial charge >= 0.3 is 0 Å². The van der Waals surface area contributed by atoms with Crippen LogP contribution >= 0.6 is 0 Å². The molecule has 0 aromatic heterocycles. The van der Waals surface area contributed by atoms with Crippen LogP contribution in [0.2, 0.25) is 0 Å². The van der Waals surface area contributed by atoms with Crippen molar-refractivity contribution in [3.63, 3.8) is 0 Å². The Kier molecular flexibility index (Phi) is 2.86. The van der Waals surface area contributed by atoms with Crippen LogP contribution in [-0.4, -0.2) is 18.7 Å². The van der Waals surface area contributed by atoms with Crippen LogP contribution in [0.25, 0.3) is 0 Å². The molecule has 1 atom stereocenters. The summed E-state index contributed by atoms with van der Waals surface area (Å²) in [6.07, 6.45) is 5.95. The Morgan fingerprint density at radius 2 is 2.12 bits per heavy atom. The molecular formula is C13H14N2O. The minimum absolute atomic E-state index is 0.315. The summed E-state index contributed by atoms with van der Waals surface area (Å²) in [6, 6.07) is 9.86. The van der Waals surface area contributed by atoms with Crippen molar-refractivity contribution in [3.8, 4) is 0 Å². The third kappa shape index (κ3) is 2.03. The Hall–Kier alpha value is -1.90. The number of hydrogen-bond acceptors (Lipinski definition) is 2. The van der Waals surface area contributed by atoms with Gasteiger partial charge in [0.05, 0.1) is 12.0 Å². The van der Waals surface area contributed by atoms with Gasteiger partial charge in [-0.15, -0.1) is 0 Å². The maximum Gasteiger partial charge on any atom is 0.229 e. The average Bonchev–Trinajstić information content (AvgIpc) is 2.31. The summed E-state index contributed by atoms with van der Waals surface area (Å²) < 4.78 is 0. The summed E-state index contributed by atoms with van der Waals surface area (Å²) in [5, 5.41) is 0. The van der Waals surface area contributed by atoms with Crippen molar-refractivity contribution in [2.75, 3.05) is 6.54 Å². The van der Waals surface area contributed by atoms with Crippen LogP contribution in [0, 0.1) is 5.41 Å². The first-order valence-electron chi connectivity index (χ1n) is 5.24. The van der Waals surface area contributed by atoms with Crippen molar-refractivity contribution in [1.82, 2.24) is 0 Å². The molecule has 1 unspecified atom stereocenters. The van der Waals surface area contributed by atoms with Gasteiger partial charge in [0.25, 0.3) is 0 Å². The summed E-state index contributed by atoms with van der Waals surface area (Å²) in [5.74, 6) is -0.315. The van der Waals surface area contributed by atoms with Crippen LogP contribution in [0.4, 0.5) is 0 Å². The molecule has 3 nitrogen and oxygen atoms in total. The maximum atomic E-state index is 11.6. The number of benzene rings is 1. The Balaban J connectivity index is 2.25. The smallest absolute Gasteiger partial charge is 0.229 e. The van der Waals surface area contributed by atoms with Crippen LogP contribution in [0.15, 0.2) is 47.5 Å². The number of hydrogen-bond donors (Lipinski definition) is 1. The predicted octanol–water partition coefficient (Wildman–Crippen LogP) is 1.34. The molecule has 2 rings (SSSR count). The Bertz CT molecular complexity index is 437. The van der Waals surface area contributed by atoms with E-state index < -0.39 is 5.41 Å². The summed E-state index contributed by atoms with van der Waals surface area (Å²) in [6.45, 7) is 0.438. The Morgan fingerprint density at radius 3 is 2.69 bits per heavy atom. The molecule has 3 heteroatoms. The van der Waals surface area contributed by atoms with E-state index in [9.17, 15) is 4.79 Å². The van der Waals surface area contributed by atoms with Gasteiger partial charge in [-0.05, 0) is 18.1 Å². The molecule has 2 N–H and O–H groups in total. The third-order valence-corrected chi connectivity index (χ3v) is 2.83. The van der Waals surface area contributed by atoms with Crippen molar-refractivity contribution in [2.24, 2.45) is 16.1 Å². The summed E-state index contributed by atoms with van der Waals surface area (Å²) in [4.78, 5) is 15.7. The first-order chi connectivity index (χ1) is 7.73. The highest BCUT2D eigenvalue weighted by Gasteiger charge is 2.34. The molecule has 1 heterocycles. The lowest BCUT2D eigenvalue weighted by molar-refractivity contribution is -0.124. The van der Waals surface area contributed by atoms with E-state index in [0.717, 1.165) is 5.56 Å². The van der Waals surface area contributed by atoms with Crippen LogP contribution < -0.4 is 5.73 Å². The second-order valence-corrected chi connectivity index (χ2v) is 4.03. The minimum atomic E-state index is -0.657. The van der Waals surface area contributed by atoms with E-state index in [2.05, 4.69) is 4.99 Å². The molecule has 16 heavy (non-hydrogen) atoms. The largest absolute Gasteiger partial charge is 0.369 e. The Morgan fingerprint density at radius 1 is 1.38 bits per heavy atom. The first kappa shape index (κ1) is 10.6. The van der Waals surface area contributed by atoms with Gasteiger partial charge < -0.3 is 5.73 Å². The molecule has 0 aliphatic carbocycles. The lowest BCUT2D eigenvalue weighted by Crippen LogP contribution is -2.41. The van der Waals surface area contributed by atoms with Crippen molar-refractivity contribution >= 4 is 12.1 Å². The average molecular weight is 214 g/mol. The SMILES string of the molecule is NC(=O)C1(Cc2ccccc2)C=CC=NC1. The third-order valence-electron chi connectivity index (χ3n) is 2.83. The van der Waals surface area contributed by atoms with Gasteiger partial charge in [-0.25, -0.2) is 0 Å². The summed E-state index contributed by atoms with van der Waals surface area (Å²) in [5.41, 5.74) is 5.93. The van der Waals surface area contributed by atoms with E-state index in [0.29, 0.717) is 13.0 Å². The van der Waals surface area contributed by atoms with E-state index in [1.54, 1.807) is 12.3 Å². The van der Waals surface area contributed by atoms with Gasteiger partial charge in [-0.3, -0.25) is 9.79 Å². The quantitative estimate of drug-likeness (QED) is 0.811. The number of nitrogens with zero attached hydrogens (tertiary/aromatic N) is 1. The normalized spacial score (nSPS) is 23.2. The topological polar surface area (TPSA) is 55.5 Å².